The highest BCUT2D eigenvalue weighted by Crippen LogP contribution is 2.32. The molecule has 0 aliphatic rings. The molecule has 0 aliphatic heterocycles. The first kappa shape index (κ1) is 15.5. The Kier molecular flexibility index (Phi) is 5.87. The summed E-state index contributed by atoms with van der Waals surface area (Å²) in [6.07, 6.45) is 1.10. The highest BCUT2D eigenvalue weighted by atomic mass is 16.5. The van der Waals surface area contributed by atoms with Crippen LogP contribution in [0.3, 0.4) is 0 Å². The van der Waals surface area contributed by atoms with Gasteiger partial charge in [-0.25, -0.2) is 0 Å². The van der Waals surface area contributed by atoms with Crippen molar-refractivity contribution in [1.29, 1.82) is 0 Å². The Morgan fingerprint density at radius 3 is 2.47 bits per heavy atom. The van der Waals surface area contributed by atoms with Crippen LogP contribution in [0.2, 0.25) is 0 Å². The fourth-order valence-corrected chi connectivity index (χ4v) is 2.18. The number of aliphatic imine (C=N–C) groups is 1. The summed E-state index contributed by atoms with van der Waals surface area (Å²) in [4.78, 5) is 6.63. The summed E-state index contributed by atoms with van der Waals surface area (Å²) in [5, 5.41) is 0. The lowest BCUT2D eigenvalue weighted by atomic mass is 9.95. The molecule has 0 N–H and O–H groups in total. The molecule has 3 nitrogen and oxygen atoms in total. The molecule has 0 saturated heterocycles. The molecule has 1 rings (SSSR count). The Morgan fingerprint density at radius 1 is 1.32 bits per heavy atom. The minimum Gasteiger partial charge on any atom is -0.496 e. The van der Waals surface area contributed by atoms with E-state index in [2.05, 4.69) is 44.0 Å². The molecule has 106 valence electrons. The molecule has 1 atom stereocenters. The second-order valence-electron chi connectivity index (χ2n) is 4.93. The van der Waals surface area contributed by atoms with Crippen LogP contribution in [-0.4, -0.2) is 38.5 Å². The van der Waals surface area contributed by atoms with Gasteiger partial charge in [0.15, 0.2) is 0 Å². The standard InChI is InChI=1S/C16H26N2O/c1-7-12(3)13-10-9-11-14(15(13)19-6)16(17-8-2)18(4)5/h9-12H,7-8H2,1-6H3/b17-16-. The van der Waals surface area contributed by atoms with Crippen LogP contribution in [0.4, 0.5) is 0 Å². The number of benzene rings is 1. The van der Waals surface area contributed by atoms with Gasteiger partial charge in [0.05, 0.1) is 12.7 Å². The zero-order chi connectivity index (χ0) is 14.4. The van der Waals surface area contributed by atoms with E-state index < -0.39 is 0 Å². The van der Waals surface area contributed by atoms with Crippen LogP contribution in [0.25, 0.3) is 0 Å². The molecule has 0 heterocycles. The smallest absolute Gasteiger partial charge is 0.134 e. The molecule has 0 bridgehead atoms. The first-order valence-corrected chi connectivity index (χ1v) is 6.95. The molecular weight excluding hydrogens is 236 g/mol. The lowest BCUT2D eigenvalue weighted by Crippen LogP contribution is -2.24. The third kappa shape index (κ3) is 3.49. The Morgan fingerprint density at radius 2 is 2.00 bits per heavy atom. The second kappa shape index (κ2) is 7.17. The topological polar surface area (TPSA) is 24.8 Å². The Bertz CT molecular complexity index is 438. The van der Waals surface area contributed by atoms with Gasteiger partial charge < -0.3 is 9.64 Å². The van der Waals surface area contributed by atoms with Crippen molar-refractivity contribution in [2.24, 2.45) is 4.99 Å². The lowest BCUT2D eigenvalue weighted by molar-refractivity contribution is 0.404. The average molecular weight is 262 g/mol. The van der Waals surface area contributed by atoms with Crippen molar-refractivity contribution >= 4 is 5.84 Å². The predicted molar refractivity (Wildman–Crippen MR) is 82.5 cm³/mol. The van der Waals surface area contributed by atoms with Crippen molar-refractivity contribution in [3.05, 3.63) is 29.3 Å². The van der Waals surface area contributed by atoms with Gasteiger partial charge in [-0.1, -0.05) is 26.0 Å². The number of rotatable bonds is 5. The largest absolute Gasteiger partial charge is 0.496 e. The molecule has 0 fully saturated rings. The maximum absolute atomic E-state index is 5.67. The van der Waals surface area contributed by atoms with Crippen LogP contribution < -0.4 is 4.74 Å². The molecule has 0 amide bonds. The molecule has 19 heavy (non-hydrogen) atoms. The first-order chi connectivity index (χ1) is 9.06. The molecule has 0 radical (unpaired) electrons. The summed E-state index contributed by atoms with van der Waals surface area (Å²) < 4.78 is 5.67. The van der Waals surface area contributed by atoms with Gasteiger partial charge in [-0.15, -0.1) is 0 Å². The number of para-hydroxylation sites is 1. The fraction of sp³-hybridized carbons (Fsp3) is 0.562. The SMILES string of the molecule is CC/N=C(/c1cccc(C(C)CC)c1OC)N(C)C. The normalized spacial score (nSPS) is 13.3. The minimum absolute atomic E-state index is 0.486. The van der Waals surface area contributed by atoms with E-state index in [1.165, 1.54) is 5.56 Å². The van der Waals surface area contributed by atoms with E-state index in [4.69, 9.17) is 4.74 Å². The number of nitrogens with zero attached hydrogens (tertiary/aromatic N) is 2. The summed E-state index contributed by atoms with van der Waals surface area (Å²) in [6.45, 7) is 7.25. The molecule has 1 aromatic rings. The van der Waals surface area contributed by atoms with Crippen LogP contribution in [0.15, 0.2) is 23.2 Å². The van der Waals surface area contributed by atoms with Gasteiger partial charge in [-0.05, 0) is 30.9 Å². The number of hydrogen-bond acceptors (Lipinski definition) is 2. The Hall–Kier alpha value is -1.51. The lowest BCUT2D eigenvalue weighted by Gasteiger charge is -2.22. The number of ether oxygens (including phenoxy) is 1. The Balaban J connectivity index is 3.39. The van der Waals surface area contributed by atoms with Crippen LogP contribution in [0.1, 0.15) is 44.2 Å². The Labute approximate surface area is 117 Å². The average Bonchev–Trinajstić information content (AvgIpc) is 2.42. The maximum atomic E-state index is 5.67. The zero-order valence-corrected chi connectivity index (χ0v) is 13.0. The van der Waals surface area contributed by atoms with E-state index in [1.54, 1.807) is 7.11 Å². The molecule has 0 aliphatic carbocycles. The monoisotopic (exact) mass is 262 g/mol. The minimum atomic E-state index is 0.486. The van der Waals surface area contributed by atoms with Gasteiger partial charge >= 0.3 is 0 Å². The van der Waals surface area contributed by atoms with E-state index >= 15 is 0 Å². The molecule has 1 aromatic carbocycles. The second-order valence-corrected chi connectivity index (χ2v) is 4.93. The van der Waals surface area contributed by atoms with Crippen LogP contribution in [-0.2, 0) is 0 Å². The van der Waals surface area contributed by atoms with Crippen LogP contribution >= 0.6 is 0 Å². The quantitative estimate of drug-likeness (QED) is 0.599. The fourth-order valence-electron chi connectivity index (χ4n) is 2.18. The molecule has 1 unspecified atom stereocenters. The van der Waals surface area contributed by atoms with Gasteiger partial charge in [0.1, 0.15) is 11.6 Å². The first-order valence-electron chi connectivity index (χ1n) is 6.95. The third-order valence-corrected chi connectivity index (χ3v) is 3.37. The van der Waals surface area contributed by atoms with E-state index in [9.17, 15) is 0 Å². The van der Waals surface area contributed by atoms with Crippen LogP contribution in [0, 0.1) is 0 Å². The number of hydrogen-bond donors (Lipinski definition) is 0. The summed E-state index contributed by atoms with van der Waals surface area (Å²) in [5.41, 5.74) is 2.33. The molecular formula is C16H26N2O. The van der Waals surface area contributed by atoms with E-state index in [-0.39, 0.29) is 0 Å². The summed E-state index contributed by atoms with van der Waals surface area (Å²) in [5.74, 6) is 2.42. The summed E-state index contributed by atoms with van der Waals surface area (Å²) >= 11 is 0. The maximum Gasteiger partial charge on any atom is 0.134 e. The van der Waals surface area contributed by atoms with Gasteiger partial charge in [0.2, 0.25) is 0 Å². The highest BCUT2D eigenvalue weighted by Gasteiger charge is 2.17. The van der Waals surface area contributed by atoms with Gasteiger partial charge in [-0.2, -0.15) is 0 Å². The van der Waals surface area contributed by atoms with Gasteiger partial charge in [-0.3, -0.25) is 4.99 Å². The van der Waals surface area contributed by atoms with Crippen molar-refractivity contribution in [2.45, 2.75) is 33.1 Å². The molecule has 3 heteroatoms. The van der Waals surface area contributed by atoms with Crippen molar-refractivity contribution in [2.75, 3.05) is 27.7 Å². The zero-order valence-electron chi connectivity index (χ0n) is 13.0. The van der Waals surface area contributed by atoms with E-state index in [0.29, 0.717) is 5.92 Å². The van der Waals surface area contributed by atoms with Crippen molar-refractivity contribution < 1.29 is 4.74 Å². The summed E-state index contributed by atoms with van der Waals surface area (Å²) in [6, 6.07) is 6.32. The predicted octanol–water partition coefficient (Wildman–Crippen LogP) is 3.54. The summed E-state index contributed by atoms with van der Waals surface area (Å²) in [7, 11) is 5.78. The van der Waals surface area contributed by atoms with E-state index in [1.807, 2.05) is 19.0 Å². The van der Waals surface area contributed by atoms with Gasteiger partial charge in [0, 0.05) is 20.6 Å². The highest BCUT2D eigenvalue weighted by molar-refractivity contribution is 6.01. The van der Waals surface area contributed by atoms with Crippen molar-refractivity contribution in [3.8, 4) is 5.75 Å². The molecule has 0 spiro atoms. The molecule has 0 aromatic heterocycles. The number of amidine groups is 1. The van der Waals surface area contributed by atoms with Gasteiger partial charge in [0.25, 0.3) is 0 Å². The van der Waals surface area contributed by atoms with E-state index in [0.717, 1.165) is 30.1 Å². The van der Waals surface area contributed by atoms with Crippen molar-refractivity contribution in [3.63, 3.8) is 0 Å². The van der Waals surface area contributed by atoms with Crippen LogP contribution in [0.5, 0.6) is 5.75 Å². The van der Waals surface area contributed by atoms with Crippen molar-refractivity contribution in [1.82, 2.24) is 4.90 Å². The number of methoxy groups -OCH3 is 1. The molecule has 0 saturated carbocycles. The third-order valence-electron chi connectivity index (χ3n) is 3.37.